The normalized spacial score (nSPS) is 18.4. The second-order valence-electron chi connectivity index (χ2n) is 8.32. The molecule has 4 nitrogen and oxygen atoms in total. The minimum atomic E-state index is -0.795. The first-order chi connectivity index (χ1) is 14.6. The Morgan fingerprint density at radius 2 is 1.27 bits per heavy atom. The van der Waals surface area contributed by atoms with E-state index in [1.54, 1.807) is 24.3 Å². The molecule has 5 rings (SSSR count). The first-order valence-corrected chi connectivity index (χ1v) is 10.6. The Hall–Kier alpha value is -3.27. The summed E-state index contributed by atoms with van der Waals surface area (Å²) in [5.41, 5.74) is 2.77. The van der Waals surface area contributed by atoms with E-state index in [1.165, 1.54) is 6.42 Å². The van der Waals surface area contributed by atoms with Crippen LogP contribution in [0.25, 0.3) is 0 Å². The number of nitrogens with zero attached hydrogens (tertiary/aromatic N) is 1. The first kappa shape index (κ1) is 18.7. The highest BCUT2D eigenvalue weighted by atomic mass is 16.3. The summed E-state index contributed by atoms with van der Waals surface area (Å²) in [6.45, 7) is 0. The van der Waals surface area contributed by atoms with E-state index in [0.29, 0.717) is 0 Å². The zero-order chi connectivity index (χ0) is 20.7. The molecule has 152 valence electrons. The molecule has 1 fully saturated rings. The van der Waals surface area contributed by atoms with Crippen molar-refractivity contribution in [3.8, 4) is 11.5 Å². The van der Waals surface area contributed by atoms with Crippen LogP contribution in [-0.2, 0) is 5.54 Å². The van der Waals surface area contributed by atoms with E-state index in [9.17, 15) is 15.0 Å². The summed E-state index contributed by atoms with van der Waals surface area (Å²) in [5, 5.41) is 19.9. The van der Waals surface area contributed by atoms with Gasteiger partial charge in [0.15, 0.2) is 0 Å². The van der Waals surface area contributed by atoms with E-state index in [4.69, 9.17) is 0 Å². The van der Waals surface area contributed by atoms with Crippen molar-refractivity contribution < 1.29 is 15.0 Å². The number of phenols is 2. The topological polar surface area (TPSA) is 60.8 Å². The maximum absolute atomic E-state index is 13.8. The van der Waals surface area contributed by atoms with Gasteiger partial charge in [0.05, 0.1) is 0 Å². The van der Waals surface area contributed by atoms with Crippen LogP contribution in [-0.4, -0.2) is 27.1 Å². The quantitative estimate of drug-likeness (QED) is 0.638. The van der Waals surface area contributed by atoms with Gasteiger partial charge in [-0.05, 0) is 59.9 Å². The Balaban J connectivity index is 1.83. The number of amides is 1. The molecule has 3 aromatic carbocycles. The number of benzene rings is 3. The predicted molar refractivity (Wildman–Crippen MR) is 116 cm³/mol. The third-order valence-corrected chi connectivity index (χ3v) is 6.64. The monoisotopic (exact) mass is 399 g/mol. The number of phenolic OH excluding ortho intramolecular Hbond substituents is 2. The molecule has 3 aromatic rings. The summed E-state index contributed by atoms with van der Waals surface area (Å²) >= 11 is 0. The largest absolute Gasteiger partial charge is 0.508 e. The lowest BCUT2D eigenvalue weighted by molar-refractivity contribution is 0.0491. The van der Waals surface area contributed by atoms with E-state index >= 15 is 0 Å². The molecule has 0 unspecified atom stereocenters. The highest BCUT2D eigenvalue weighted by molar-refractivity contribution is 6.02. The fraction of sp³-hybridized carbons (Fsp3) is 0.269. The molecule has 2 aliphatic rings. The molecule has 1 aliphatic carbocycles. The molecule has 0 bridgehead atoms. The summed E-state index contributed by atoms with van der Waals surface area (Å²) in [4.78, 5) is 15.9. The SMILES string of the molecule is O=C1c2ccccc2C(c2ccc(O)cc2)(c2ccc(O)cc2)N1C1CCCCC1. The number of fused-ring (bicyclic) bond motifs is 1. The van der Waals surface area contributed by atoms with Gasteiger partial charge in [0.25, 0.3) is 5.91 Å². The maximum atomic E-state index is 13.8. The minimum absolute atomic E-state index is 0.0543. The molecule has 0 atom stereocenters. The van der Waals surface area contributed by atoms with Crippen molar-refractivity contribution in [3.63, 3.8) is 0 Å². The molecule has 2 N–H and O–H groups in total. The highest BCUT2D eigenvalue weighted by Gasteiger charge is 2.54. The van der Waals surface area contributed by atoms with Crippen LogP contribution >= 0.6 is 0 Å². The standard InChI is InChI=1S/C26H25NO3/c28-21-14-10-18(11-15-21)26(19-12-16-22(29)17-13-19)24-9-5-4-8-23(24)25(30)27(26)20-6-2-1-3-7-20/h4-5,8-17,20,28-29H,1-3,6-7H2. The summed E-state index contributed by atoms with van der Waals surface area (Å²) in [6.07, 6.45) is 5.41. The minimum Gasteiger partial charge on any atom is -0.508 e. The zero-order valence-corrected chi connectivity index (χ0v) is 16.8. The van der Waals surface area contributed by atoms with Crippen LogP contribution in [0.1, 0.15) is 59.2 Å². The van der Waals surface area contributed by atoms with Crippen molar-refractivity contribution in [1.82, 2.24) is 4.90 Å². The van der Waals surface area contributed by atoms with Crippen LogP contribution < -0.4 is 0 Å². The predicted octanol–water partition coefficient (Wildman–Crippen LogP) is 5.18. The number of carbonyl (C=O) groups excluding carboxylic acids is 1. The fourth-order valence-electron chi connectivity index (χ4n) is 5.34. The zero-order valence-electron chi connectivity index (χ0n) is 16.8. The Kier molecular flexibility index (Phi) is 4.50. The van der Waals surface area contributed by atoms with Crippen molar-refractivity contribution in [3.05, 3.63) is 95.1 Å². The molecule has 1 saturated carbocycles. The molecular weight excluding hydrogens is 374 g/mol. The van der Waals surface area contributed by atoms with Gasteiger partial charge in [-0.2, -0.15) is 0 Å². The maximum Gasteiger partial charge on any atom is 0.255 e. The Labute approximate surface area is 176 Å². The molecule has 4 heteroatoms. The van der Waals surface area contributed by atoms with Crippen molar-refractivity contribution in [1.29, 1.82) is 0 Å². The summed E-state index contributed by atoms with van der Waals surface area (Å²) in [6, 6.07) is 22.4. The Morgan fingerprint density at radius 3 is 1.83 bits per heavy atom. The lowest BCUT2D eigenvalue weighted by Crippen LogP contribution is -2.51. The smallest absolute Gasteiger partial charge is 0.255 e. The Morgan fingerprint density at radius 1 is 0.733 bits per heavy atom. The number of hydrogen-bond donors (Lipinski definition) is 2. The van der Waals surface area contributed by atoms with Crippen molar-refractivity contribution in [2.45, 2.75) is 43.7 Å². The van der Waals surface area contributed by atoms with Gasteiger partial charge < -0.3 is 15.1 Å². The number of carbonyl (C=O) groups is 1. The van der Waals surface area contributed by atoms with Crippen LogP contribution in [0.5, 0.6) is 11.5 Å². The van der Waals surface area contributed by atoms with Crippen LogP contribution in [0.4, 0.5) is 0 Å². The Bertz CT molecular complexity index is 1020. The first-order valence-electron chi connectivity index (χ1n) is 10.6. The highest BCUT2D eigenvalue weighted by Crippen LogP contribution is 2.51. The average Bonchev–Trinajstić information content (AvgIpc) is 3.05. The van der Waals surface area contributed by atoms with Gasteiger partial charge in [-0.1, -0.05) is 61.7 Å². The van der Waals surface area contributed by atoms with Gasteiger partial charge in [-0.25, -0.2) is 0 Å². The van der Waals surface area contributed by atoms with E-state index < -0.39 is 5.54 Å². The second-order valence-corrected chi connectivity index (χ2v) is 8.32. The molecule has 0 spiro atoms. The van der Waals surface area contributed by atoms with Crippen molar-refractivity contribution >= 4 is 5.91 Å². The van der Waals surface area contributed by atoms with Gasteiger partial charge in [-0.15, -0.1) is 0 Å². The van der Waals surface area contributed by atoms with Gasteiger partial charge in [-0.3, -0.25) is 4.79 Å². The average molecular weight is 399 g/mol. The van der Waals surface area contributed by atoms with Crippen LogP contribution in [0, 0.1) is 0 Å². The van der Waals surface area contributed by atoms with Gasteiger partial charge in [0, 0.05) is 11.6 Å². The van der Waals surface area contributed by atoms with Crippen molar-refractivity contribution in [2.24, 2.45) is 0 Å². The van der Waals surface area contributed by atoms with Crippen molar-refractivity contribution in [2.75, 3.05) is 0 Å². The number of aromatic hydroxyl groups is 2. The molecule has 1 aliphatic heterocycles. The second kappa shape index (κ2) is 7.21. The number of rotatable bonds is 3. The molecule has 1 heterocycles. The van der Waals surface area contributed by atoms with Gasteiger partial charge >= 0.3 is 0 Å². The third kappa shape index (κ3) is 2.71. The molecular formula is C26H25NO3. The molecule has 0 radical (unpaired) electrons. The fourth-order valence-corrected chi connectivity index (χ4v) is 5.34. The van der Waals surface area contributed by atoms with E-state index in [1.807, 2.05) is 48.5 Å². The van der Waals surface area contributed by atoms with Crippen LogP contribution in [0.15, 0.2) is 72.8 Å². The lowest BCUT2D eigenvalue weighted by atomic mass is 9.75. The summed E-state index contributed by atoms with van der Waals surface area (Å²) in [7, 11) is 0. The van der Waals surface area contributed by atoms with Crippen LogP contribution in [0.2, 0.25) is 0 Å². The molecule has 0 aromatic heterocycles. The molecule has 30 heavy (non-hydrogen) atoms. The summed E-state index contributed by atoms with van der Waals surface area (Å²) in [5.74, 6) is 0.446. The third-order valence-electron chi connectivity index (χ3n) is 6.64. The molecule has 1 amide bonds. The van der Waals surface area contributed by atoms with Gasteiger partial charge in [0.1, 0.15) is 17.0 Å². The van der Waals surface area contributed by atoms with Crippen LogP contribution in [0.3, 0.4) is 0 Å². The van der Waals surface area contributed by atoms with E-state index in [2.05, 4.69) is 4.90 Å². The number of hydrogen-bond acceptors (Lipinski definition) is 3. The lowest BCUT2D eigenvalue weighted by Gasteiger charge is -2.46. The van der Waals surface area contributed by atoms with E-state index in [0.717, 1.165) is 47.9 Å². The molecule has 0 saturated heterocycles. The van der Waals surface area contributed by atoms with Gasteiger partial charge in [0.2, 0.25) is 0 Å². The van der Waals surface area contributed by atoms with E-state index in [-0.39, 0.29) is 23.4 Å². The summed E-state index contributed by atoms with van der Waals surface area (Å²) < 4.78 is 0.